The summed E-state index contributed by atoms with van der Waals surface area (Å²) in [5.41, 5.74) is 1.16. The zero-order chi connectivity index (χ0) is 18.5. The van der Waals surface area contributed by atoms with Gasteiger partial charge in [-0.25, -0.2) is 4.79 Å². The van der Waals surface area contributed by atoms with Crippen molar-refractivity contribution >= 4 is 46.1 Å². The van der Waals surface area contributed by atoms with Crippen LogP contribution in [0.5, 0.6) is 0 Å². The number of ether oxygens (including phenoxy) is 1. The average molecular weight is 464 g/mol. The van der Waals surface area contributed by atoms with Gasteiger partial charge in [0.1, 0.15) is 0 Å². The van der Waals surface area contributed by atoms with Crippen LogP contribution in [0.3, 0.4) is 0 Å². The highest BCUT2D eigenvalue weighted by Crippen LogP contribution is 2.21. The fraction of sp³-hybridized carbons (Fsp3) is 0.211. The van der Waals surface area contributed by atoms with Gasteiger partial charge in [-0.2, -0.15) is 0 Å². The van der Waals surface area contributed by atoms with Gasteiger partial charge in [0.05, 0.1) is 16.8 Å². The molecule has 2 aromatic carbocycles. The van der Waals surface area contributed by atoms with Crippen LogP contribution in [0.2, 0.25) is 0 Å². The fourth-order valence-electron chi connectivity index (χ4n) is 2.30. The van der Waals surface area contributed by atoms with Crippen molar-refractivity contribution < 1.29 is 19.1 Å². The first-order valence-electron chi connectivity index (χ1n) is 8.15. The lowest BCUT2D eigenvalue weighted by Crippen LogP contribution is -2.28. The smallest absolute Gasteiger partial charge is 0.338 e. The summed E-state index contributed by atoms with van der Waals surface area (Å²) in [7, 11) is 0. The maximum atomic E-state index is 12.2. The van der Waals surface area contributed by atoms with Crippen molar-refractivity contribution in [2.24, 2.45) is 0 Å². The largest absolute Gasteiger partial charge is 0.452 e. The minimum atomic E-state index is -0.571. The summed E-state index contributed by atoms with van der Waals surface area (Å²) in [4.78, 5) is 36.3. The van der Waals surface area contributed by atoms with E-state index < -0.39 is 18.5 Å². The summed E-state index contributed by atoms with van der Waals surface area (Å²) in [6.07, 6.45) is 1.96. The Balaban J connectivity index is 1.58. The second kappa shape index (κ2) is 8.31. The van der Waals surface area contributed by atoms with Crippen molar-refractivity contribution in [3.8, 4) is 0 Å². The number of benzene rings is 2. The summed E-state index contributed by atoms with van der Waals surface area (Å²) in [6.45, 7) is -0.428. The van der Waals surface area contributed by atoms with Crippen LogP contribution in [0.4, 0.5) is 5.69 Å². The van der Waals surface area contributed by atoms with E-state index in [1.165, 1.54) is 0 Å². The molecule has 26 heavy (non-hydrogen) atoms. The Bertz CT molecular complexity index is 849. The van der Waals surface area contributed by atoms with Gasteiger partial charge in [0, 0.05) is 9.61 Å². The number of carbonyl (C=O) groups excluding carboxylic acids is 3. The summed E-state index contributed by atoms with van der Waals surface area (Å²) in [6, 6.07) is 13.9. The Kier molecular flexibility index (Phi) is 5.87. The Morgan fingerprint density at radius 1 is 1.08 bits per heavy atom. The second-order valence-electron chi connectivity index (χ2n) is 5.93. The van der Waals surface area contributed by atoms with E-state index in [1.54, 1.807) is 42.5 Å². The van der Waals surface area contributed by atoms with E-state index in [1.807, 2.05) is 6.07 Å². The number of hydrogen-bond donors (Lipinski definition) is 2. The molecule has 2 amide bonds. The van der Waals surface area contributed by atoms with Gasteiger partial charge in [0.2, 0.25) is 0 Å². The third kappa shape index (κ3) is 5.04. The van der Waals surface area contributed by atoms with Crippen LogP contribution in [-0.4, -0.2) is 30.4 Å². The molecule has 0 aromatic heterocycles. The Morgan fingerprint density at radius 3 is 2.58 bits per heavy atom. The number of rotatable bonds is 6. The molecule has 0 saturated heterocycles. The van der Waals surface area contributed by atoms with Crippen molar-refractivity contribution in [2.45, 2.75) is 18.9 Å². The highest BCUT2D eigenvalue weighted by molar-refractivity contribution is 14.1. The Morgan fingerprint density at radius 2 is 1.85 bits per heavy atom. The van der Waals surface area contributed by atoms with Crippen LogP contribution in [-0.2, 0) is 9.53 Å². The van der Waals surface area contributed by atoms with Gasteiger partial charge in [-0.15, -0.1) is 0 Å². The Labute approximate surface area is 164 Å². The molecule has 2 aromatic rings. The van der Waals surface area contributed by atoms with Crippen molar-refractivity contribution in [2.75, 3.05) is 11.9 Å². The topological polar surface area (TPSA) is 84.5 Å². The molecule has 1 fully saturated rings. The highest BCUT2D eigenvalue weighted by Gasteiger charge is 2.25. The van der Waals surface area contributed by atoms with Gasteiger partial charge in [-0.3, -0.25) is 9.59 Å². The number of carbonyl (C=O) groups is 3. The molecule has 3 rings (SSSR count). The molecular weight excluding hydrogens is 447 g/mol. The summed E-state index contributed by atoms with van der Waals surface area (Å²) in [5.74, 6) is -1.30. The third-order valence-electron chi connectivity index (χ3n) is 3.75. The van der Waals surface area contributed by atoms with Crippen LogP contribution >= 0.6 is 22.6 Å². The van der Waals surface area contributed by atoms with Gasteiger partial charge in [-0.05, 0) is 65.8 Å². The zero-order valence-corrected chi connectivity index (χ0v) is 16.0. The lowest BCUT2D eigenvalue weighted by Gasteiger charge is -2.11. The molecule has 6 nitrogen and oxygen atoms in total. The normalized spacial score (nSPS) is 13.0. The molecule has 0 spiro atoms. The predicted octanol–water partition coefficient (Wildman–Crippen LogP) is 2.98. The van der Waals surface area contributed by atoms with Gasteiger partial charge < -0.3 is 15.4 Å². The molecule has 0 unspecified atom stereocenters. The minimum absolute atomic E-state index is 0.223. The van der Waals surface area contributed by atoms with E-state index in [2.05, 4.69) is 33.2 Å². The summed E-state index contributed by atoms with van der Waals surface area (Å²) < 4.78 is 5.94. The van der Waals surface area contributed by atoms with E-state index in [4.69, 9.17) is 4.74 Å². The van der Waals surface area contributed by atoms with Crippen LogP contribution in [0.15, 0.2) is 48.5 Å². The lowest BCUT2D eigenvalue weighted by atomic mass is 10.1. The highest BCUT2D eigenvalue weighted by atomic mass is 127. The Hall–Kier alpha value is -2.42. The first kappa shape index (κ1) is 18.4. The number of esters is 1. The van der Waals surface area contributed by atoms with Crippen LogP contribution < -0.4 is 10.6 Å². The van der Waals surface area contributed by atoms with E-state index in [0.717, 1.165) is 16.4 Å². The molecular formula is C19H17IN2O4. The number of hydrogen-bond acceptors (Lipinski definition) is 4. The summed E-state index contributed by atoms with van der Waals surface area (Å²) >= 11 is 2.09. The monoisotopic (exact) mass is 464 g/mol. The SMILES string of the molecule is O=C(COC(=O)c1cccc(I)c1)Nc1ccccc1C(=O)NC1CC1. The van der Waals surface area contributed by atoms with E-state index >= 15 is 0 Å². The number of para-hydroxylation sites is 1. The van der Waals surface area contributed by atoms with Crippen molar-refractivity contribution in [1.82, 2.24) is 5.32 Å². The molecule has 2 N–H and O–H groups in total. The average Bonchev–Trinajstić information content (AvgIpc) is 3.44. The number of amides is 2. The zero-order valence-electron chi connectivity index (χ0n) is 13.8. The molecule has 0 atom stereocenters. The van der Waals surface area contributed by atoms with E-state index in [-0.39, 0.29) is 11.9 Å². The van der Waals surface area contributed by atoms with E-state index in [9.17, 15) is 14.4 Å². The maximum Gasteiger partial charge on any atom is 0.338 e. The molecule has 1 aliphatic rings. The van der Waals surface area contributed by atoms with Gasteiger partial charge in [0.15, 0.2) is 6.61 Å². The number of halogens is 1. The first-order chi connectivity index (χ1) is 12.5. The molecule has 7 heteroatoms. The quantitative estimate of drug-likeness (QED) is 0.509. The van der Waals surface area contributed by atoms with Gasteiger partial charge in [0.25, 0.3) is 11.8 Å². The molecule has 1 saturated carbocycles. The lowest BCUT2D eigenvalue weighted by molar-refractivity contribution is -0.119. The third-order valence-corrected chi connectivity index (χ3v) is 4.42. The molecule has 134 valence electrons. The van der Waals surface area contributed by atoms with Crippen LogP contribution in [0.25, 0.3) is 0 Å². The number of anilines is 1. The maximum absolute atomic E-state index is 12.2. The van der Waals surface area contributed by atoms with Crippen molar-refractivity contribution in [3.05, 3.63) is 63.2 Å². The van der Waals surface area contributed by atoms with Crippen LogP contribution in [0, 0.1) is 3.57 Å². The van der Waals surface area contributed by atoms with Gasteiger partial charge >= 0.3 is 5.97 Å². The second-order valence-corrected chi connectivity index (χ2v) is 7.17. The standard InChI is InChI=1S/C19H17IN2O4/c20-13-5-3-4-12(10-13)19(25)26-11-17(23)22-16-7-2-1-6-15(16)18(24)21-14-8-9-14/h1-7,10,14H,8-9,11H2,(H,21,24)(H,22,23). The summed E-state index contributed by atoms with van der Waals surface area (Å²) in [5, 5.41) is 5.51. The predicted molar refractivity (Wildman–Crippen MR) is 105 cm³/mol. The van der Waals surface area contributed by atoms with Gasteiger partial charge in [-0.1, -0.05) is 18.2 Å². The molecule has 1 aliphatic carbocycles. The first-order valence-corrected chi connectivity index (χ1v) is 9.23. The van der Waals surface area contributed by atoms with E-state index in [0.29, 0.717) is 16.8 Å². The van der Waals surface area contributed by atoms with Crippen LogP contribution in [0.1, 0.15) is 33.6 Å². The molecule has 0 aliphatic heterocycles. The minimum Gasteiger partial charge on any atom is -0.452 e. The fourth-order valence-corrected chi connectivity index (χ4v) is 2.84. The molecule has 0 heterocycles. The van der Waals surface area contributed by atoms with Crippen molar-refractivity contribution in [1.29, 1.82) is 0 Å². The molecule has 0 radical (unpaired) electrons. The number of nitrogens with one attached hydrogen (secondary N) is 2. The molecule has 0 bridgehead atoms. The van der Waals surface area contributed by atoms with Crippen molar-refractivity contribution in [3.63, 3.8) is 0 Å².